The third-order valence-electron chi connectivity index (χ3n) is 6.37. The number of rotatable bonds is 7. The molecule has 2 aliphatic rings. The second-order valence-electron chi connectivity index (χ2n) is 8.33. The Bertz CT molecular complexity index is 833. The summed E-state index contributed by atoms with van der Waals surface area (Å²) < 4.78 is 5.56. The number of carbonyl (C=O) groups is 2. The van der Waals surface area contributed by atoms with Crippen LogP contribution in [-0.2, 0) is 20.7 Å². The van der Waals surface area contributed by atoms with Crippen LogP contribution in [0.5, 0.6) is 0 Å². The summed E-state index contributed by atoms with van der Waals surface area (Å²) in [6, 6.07) is 8.22. The Kier molecular flexibility index (Phi) is 6.49. The highest BCUT2D eigenvalue weighted by molar-refractivity contribution is 5.83. The summed E-state index contributed by atoms with van der Waals surface area (Å²) in [5, 5.41) is 7.35. The van der Waals surface area contributed by atoms with E-state index in [1.165, 1.54) is 10.9 Å². The zero-order valence-corrected chi connectivity index (χ0v) is 16.9. The Morgan fingerprint density at radius 3 is 2.45 bits per heavy atom. The van der Waals surface area contributed by atoms with Crippen LogP contribution in [0.3, 0.4) is 0 Å². The van der Waals surface area contributed by atoms with Crippen molar-refractivity contribution >= 4 is 22.7 Å². The molecule has 29 heavy (non-hydrogen) atoms. The first-order valence-electron chi connectivity index (χ1n) is 10.9. The Morgan fingerprint density at radius 1 is 1.00 bits per heavy atom. The van der Waals surface area contributed by atoms with Gasteiger partial charge in [-0.2, -0.15) is 0 Å². The second kappa shape index (κ2) is 9.44. The van der Waals surface area contributed by atoms with Crippen molar-refractivity contribution in [2.45, 2.75) is 51.0 Å². The largest absolute Gasteiger partial charge is 0.376 e. The molecule has 4 rings (SSSR count). The number of para-hydroxylation sites is 1. The summed E-state index contributed by atoms with van der Waals surface area (Å²) in [6.07, 6.45) is 8.29. The standard InChI is InChI=1S/C23H31N3O3/c27-22(24-12-11-18-14-25-21-6-2-1-5-20(18)21)16-7-9-17(10-8-16)23(28)26-15-19-4-3-13-29-19/h1-2,5-6,14,16-17,19,25H,3-4,7-13,15H2,(H,24,27)(H,26,28). The van der Waals surface area contributed by atoms with E-state index in [1.54, 1.807) is 0 Å². The molecule has 0 bridgehead atoms. The van der Waals surface area contributed by atoms with E-state index in [2.05, 4.69) is 27.8 Å². The highest BCUT2D eigenvalue weighted by Gasteiger charge is 2.30. The first-order chi connectivity index (χ1) is 14.2. The normalized spacial score (nSPS) is 24.5. The van der Waals surface area contributed by atoms with E-state index in [4.69, 9.17) is 4.74 Å². The lowest BCUT2D eigenvalue weighted by Gasteiger charge is -2.27. The van der Waals surface area contributed by atoms with Gasteiger partial charge in [-0.05, 0) is 56.6 Å². The number of aromatic nitrogens is 1. The molecule has 2 fully saturated rings. The van der Waals surface area contributed by atoms with Gasteiger partial charge in [0.25, 0.3) is 0 Å². The zero-order valence-electron chi connectivity index (χ0n) is 16.9. The molecule has 1 saturated heterocycles. The summed E-state index contributed by atoms with van der Waals surface area (Å²) >= 11 is 0. The van der Waals surface area contributed by atoms with Crippen molar-refractivity contribution in [1.29, 1.82) is 0 Å². The SMILES string of the molecule is O=C(NCCc1c[nH]c2ccccc12)C1CCC(C(=O)NCC2CCCO2)CC1. The van der Waals surface area contributed by atoms with E-state index in [9.17, 15) is 9.59 Å². The first kappa shape index (κ1) is 20.0. The molecule has 1 atom stereocenters. The molecule has 2 aromatic rings. The van der Waals surface area contributed by atoms with Crippen molar-refractivity contribution in [3.8, 4) is 0 Å². The molecule has 1 aromatic heterocycles. The molecular weight excluding hydrogens is 366 g/mol. The molecule has 0 spiro atoms. The fourth-order valence-electron chi connectivity index (χ4n) is 4.59. The van der Waals surface area contributed by atoms with Crippen molar-refractivity contribution < 1.29 is 14.3 Å². The third-order valence-corrected chi connectivity index (χ3v) is 6.37. The second-order valence-corrected chi connectivity index (χ2v) is 8.33. The molecule has 0 radical (unpaired) electrons. The molecule has 1 unspecified atom stereocenters. The molecule has 1 aliphatic heterocycles. The molecular formula is C23H31N3O3. The van der Waals surface area contributed by atoms with Crippen LogP contribution in [-0.4, -0.2) is 42.6 Å². The Hall–Kier alpha value is -2.34. The van der Waals surface area contributed by atoms with Crippen LogP contribution in [0.1, 0.15) is 44.1 Å². The third kappa shape index (κ3) is 4.99. The quantitative estimate of drug-likeness (QED) is 0.672. The minimum absolute atomic E-state index is 0.0279. The summed E-state index contributed by atoms with van der Waals surface area (Å²) in [6.45, 7) is 2.07. The topological polar surface area (TPSA) is 83.2 Å². The maximum absolute atomic E-state index is 12.5. The van der Waals surface area contributed by atoms with Gasteiger partial charge >= 0.3 is 0 Å². The van der Waals surface area contributed by atoms with Gasteiger partial charge in [0.2, 0.25) is 11.8 Å². The molecule has 2 heterocycles. The van der Waals surface area contributed by atoms with Gasteiger partial charge in [-0.1, -0.05) is 18.2 Å². The summed E-state index contributed by atoms with van der Waals surface area (Å²) in [7, 11) is 0. The Labute approximate surface area is 171 Å². The lowest BCUT2D eigenvalue weighted by molar-refractivity contribution is -0.130. The summed E-state index contributed by atoms with van der Waals surface area (Å²) in [4.78, 5) is 28.2. The molecule has 1 saturated carbocycles. The highest BCUT2D eigenvalue weighted by Crippen LogP contribution is 2.29. The van der Waals surface area contributed by atoms with Gasteiger partial charge in [0.1, 0.15) is 0 Å². The van der Waals surface area contributed by atoms with Gasteiger partial charge in [-0.3, -0.25) is 9.59 Å². The van der Waals surface area contributed by atoms with Gasteiger partial charge < -0.3 is 20.4 Å². The van der Waals surface area contributed by atoms with E-state index in [0.29, 0.717) is 13.1 Å². The van der Waals surface area contributed by atoms with Gasteiger partial charge in [-0.15, -0.1) is 0 Å². The number of hydrogen-bond donors (Lipinski definition) is 3. The lowest BCUT2D eigenvalue weighted by Crippen LogP contribution is -2.40. The van der Waals surface area contributed by atoms with Crippen molar-refractivity contribution in [1.82, 2.24) is 15.6 Å². The van der Waals surface area contributed by atoms with Crippen LogP contribution in [0, 0.1) is 11.8 Å². The van der Waals surface area contributed by atoms with Crippen molar-refractivity contribution in [3.63, 3.8) is 0 Å². The fourth-order valence-corrected chi connectivity index (χ4v) is 4.59. The number of nitrogens with one attached hydrogen (secondary N) is 3. The predicted molar refractivity (Wildman–Crippen MR) is 112 cm³/mol. The van der Waals surface area contributed by atoms with Gasteiger partial charge in [0.05, 0.1) is 6.10 Å². The number of ether oxygens (including phenoxy) is 1. The average Bonchev–Trinajstić information content (AvgIpc) is 3.42. The molecule has 6 heteroatoms. The van der Waals surface area contributed by atoms with Gasteiger partial charge in [-0.25, -0.2) is 0 Å². The van der Waals surface area contributed by atoms with Crippen molar-refractivity contribution in [2.75, 3.05) is 19.7 Å². The lowest BCUT2D eigenvalue weighted by atomic mass is 9.81. The minimum Gasteiger partial charge on any atom is -0.376 e. The summed E-state index contributed by atoms with van der Waals surface area (Å²) in [5.74, 6) is 0.314. The maximum atomic E-state index is 12.5. The predicted octanol–water partition coefficient (Wildman–Crippen LogP) is 2.93. The number of carbonyl (C=O) groups excluding carboxylic acids is 2. The van der Waals surface area contributed by atoms with E-state index in [1.807, 2.05) is 18.3 Å². The zero-order chi connectivity index (χ0) is 20.1. The highest BCUT2D eigenvalue weighted by atomic mass is 16.5. The number of fused-ring (bicyclic) bond motifs is 1. The number of aromatic amines is 1. The van der Waals surface area contributed by atoms with Gasteiger partial charge in [0, 0.05) is 48.6 Å². The maximum Gasteiger partial charge on any atom is 0.223 e. The smallest absolute Gasteiger partial charge is 0.223 e. The van der Waals surface area contributed by atoms with E-state index >= 15 is 0 Å². The van der Waals surface area contributed by atoms with Crippen LogP contribution >= 0.6 is 0 Å². The number of benzene rings is 1. The Morgan fingerprint density at radius 2 is 1.72 bits per heavy atom. The van der Waals surface area contributed by atoms with Gasteiger partial charge in [0.15, 0.2) is 0 Å². The molecule has 2 amide bonds. The van der Waals surface area contributed by atoms with Crippen LogP contribution in [0.15, 0.2) is 30.5 Å². The van der Waals surface area contributed by atoms with E-state index in [-0.39, 0.29) is 29.8 Å². The van der Waals surface area contributed by atoms with E-state index < -0.39 is 0 Å². The monoisotopic (exact) mass is 397 g/mol. The van der Waals surface area contributed by atoms with E-state index in [0.717, 1.165) is 57.1 Å². The molecule has 6 nitrogen and oxygen atoms in total. The molecule has 156 valence electrons. The molecule has 3 N–H and O–H groups in total. The Balaban J connectivity index is 1.16. The molecule has 1 aliphatic carbocycles. The molecule has 1 aromatic carbocycles. The average molecular weight is 398 g/mol. The first-order valence-corrected chi connectivity index (χ1v) is 10.9. The minimum atomic E-state index is 0.0279. The number of H-pyrrole nitrogens is 1. The van der Waals surface area contributed by atoms with Crippen LogP contribution in [0.25, 0.3) is 10.9 Å². The fraction of sp³-hybridized carbons (Fsp3) is 0.565. The number of amides is 2. The summed E-state index contributed by atoms with van der Waals surface area (Å²) in [5.41, 5.74) is 2.36. The van der Waals surface area contributed by atoms with Crippen molar-refractivity contribution in [3.05, 3.63) is 36.0 Å². The van der Waals surface area contributed by atoms with Crippen molar-refractivity contribution in [2.24, 2.45) is 11.8 Å². The van der Waals surface area contributed by atoms with Crippen LogP contribution in [0.4, 0.5) is 0 Å². The van der Waals surface area contributed by atoms with Crippen LogP contribution < -0.4 is 10.6 Å². The van der Waals surface area contributed by atoms with Crippen LogP contribution in [0.2, 0.25) is 0 Å². The number of hydrogen-bond acceptors (Lipinski definition) is 3.